The predicted octanol–water partition coefficient (Wildman–Crippen LogP) is 4.21. The van der Waals surface area contributed by atoms with E-state index in [0.717, 1.165) is 0 Å². The Bertz CT molecular complexity index is 1140. The Hall–Kier alpha value is -3.17. The fourth-order valence-corrected chi connectivity index (χ4v) is 3.57. The van der Waals surface area contributed by atoms with Crippen molar-refractivity contribution in [3.63, 3.8) is 0 Å². The van der Waals surface area contributed by atoms with Crippen LogP contribution in [0.15, 0.2) is 57.8 Å². The Kier molecular flexibility index (Phi) is 6.47. The van der Waals surface area contributed by atoms with Crippen LogP contribution in [0, 0.1) is 12.7 Å². The van der Waals surface area contributed by atoms with Gasteiger partial charge < -0.3 is 24.9 Å². The van der Waals surface area contributed by atoms with Crippen molar-refractivity contribution in [1.29, 1.82) is 0 Å². The fourth-order valence-electron chi connectivity index (χ4n) is 2.71. The zero-order chi connectivity index (χ0) is 22.8. The molecular weight excluding hydrogens is 421 g/mol. The molecule has 3 aromatic rings. The van der Waals surface area contributed by atoms with Crippen molar-refractivity contribution in [2.24, 2.45) is 5.73 Å². The molecule has 2 aromatic carbocycles. The summed E-state index contributed by atoms with van der Waals surface area (Å²) in [5, 5.41) is 2.69. The smallest absolute Gasteiger partial charge is 0.243 e. The first-order valence-electron chi connectivity index (χ1n) is 9.41. The van der Waals surface area contributed by atoms with Gasteiger partial charge in [0.1, 0.15) is 34.1 Å². The number of ether oxygens (including phenoxy) is 1. The van der Waals surface area contributed by atoms with E-state index in [4.69, 9.17) is 14.9 Å². The van der Waals surface area contributed by atoms with E-state index in [1.54, 1.807) is 57.2 Å². The van der Waals surface area contributed by atoms with Gasteiger partial charge in [-0.1, -0.05) is 0 Å². The molecule has 164 valence electrons. The van der Waals surface area contributed by atoms with E-state index >= 15 is 0 Å². The van der Waals surface area contributed by atoms with Gasteiger partial charge in [-0.05, 0) is 69.3 Å². The quantitative estimate of drug-likeness (QED) is 0.505. The van der Waals surface area contributed by atoms with Gasteiger partial charge in [-0.15, -0.1) is 0 Å². The molecule has 0 aliphatic heterocycles. The van der Waals surface area contributed by atoms with Crippen molar-refractivity contribution in [3.8, 4) is 17.1 Å². The van der Waals surface area contributed by atoms with Crippen LogP contribution in [0.4, 0.5) is 15.8 Å². The molecule has 1 unspecified atom stereocenters. The average molecular weight is 446 g/mol. The van der Waals surface area contributed by atoms with E-state index in [2.05, 4.69) is 10.0 Å². The van der Waals surface area contributed by atoms with Gasteiger partial charge in [0.05, 0.1) is 28.8 Å². The third-order valence-corrected chi connectivity index (χ3v) is 5.51. The third kappa shape index (κ3) is 5.31. The van der Waals surface area contributed by atoms with Gasteiger partial charge in [0.15, 0.2) is 0 Å². The highest BCUT2D eigenvalue weighted by Crippen LogP contribution is 2.30. The van der Waals surface area contributed by atoms with Crippen molar-refractivity contribution >= 4 is 28.3 Å². The molecule has 0 saturated carbocycles. The maximum Gasteiger partial charge on any atom is 0.243 e. The lowest BCUT2D eigenvalue weighted by atomic mass is 10.1. The second kappa shape index (κ2) is 8.91. The van der Waals surface area contributed by atoms with E-state index in [-0.39, 0.29) is 10.5 Å². The van der Waals surface area contributed by atoms with Gasteiger partial charge in [0.2, 0.25) is 5.91 Å². The summed E-state index contributed by atoms with van der Waals surface area (Å²) in [5.41, 5.74) is 5.82. The van der Waals surface area contributed by atoms with Crippen molar-refractivity contribution in [1.82, 2.24) is 0 Å². The van der Waals surface area contributed by atoms with Crippen LogP contribution in [0.25, 0.3) is 11.3 Å². The summed E-state index contributed by atoms with van der Waals surface area (Å²) in [6, 6.07) is 12.5. The maximum absolute atomic E-state index is 14.6. The molecule has 0 spiro atoms. The SMILES string of the molecule is COc1ccc(NS(=O)c2ccc(-c3ccc(C)o3)c(F)c2)cc1NC(=O)C(C)(C)N. The molecule has 1 amide bonds. The normalized spacial score (nSPS) is 12.3. The molecule has 3 rings (SSSR count). The Balaban J connectivity index is 1.80. The number of carbonyl (C=O) groups excluding carboxylic acids is 1. The number of halogens is 1. The molecule has 0 fully saturated rings. The Morgan fingerprint density at radius 3 is 2.48 bits per heavy atom. The van der Waals surface area contributed by atoms with Gasteiger partial charge >= 0.3 is 0 Å². The lowest BCUT2D eigenvalue weighted by Crippen LogP contribution is -2.45. The summed E-state index contributed by atoms with van der Waals surface area (Å²) in [7, 11) is -0.283. The van der Waals surface area contributed by atoms with E-state index < -0.39 is 28.2 Å². The van der Waals surface area contributed by atoms with Crippen LogP contribution < -0.4 is 20.5 Å². The first kappa shape index (κ1) is 22.5. The number of hydrogen-bond donors (Lipinski definition) is 3. The molecule has 1 heterocycles. The van der Waals surface area contributed by atoms with Crippen LogP contribution in [-0.4, -0.2) is 22.8 Å². The minimum absolute atomic E-state index is 0.244. The molecule has 0 aliphatic carbocycles. The third-order valence-electron chi connectivity index (χ3n) is 4.40. The van der Waals surface area contributed by atoms with E-state index in [0.29, 0.717) is 28.6 Å². The topological polar surface area (TPSA) is 107 Å². The number of hydrogen-bond acceptors (Lipinski definition) is 5. The second-order valence-electron chi connectivity index (χ2n) is 7.51. The minimum Gasteiger partial charge on any atom is -0.495 e. The largest absolute Gasteiger partial charge is 0.495 e. The predicted molar refractivity (Wildman–Crippen MR) is 119 cm³/mol. The van der Waals surface area contributed by atoms with Gasteiger partial charge in [-0.3, -0.25) is 4.79 Å². The van der Waals surface area contributed by atoms with Crippen LogP contribution in [0.3, 0.4) is 0 Å². The molecular formula is C22H24FN3O4S. The second-order valence-corrected chi connectivity index (χ2v) is 8.73. The standard InChI is InChI=1S/C22H24FN3O4S/c1-13-5-9-19(30-13)16-8-7-15(12-17(16)23)31(28)26-14-6-10-20(29-4)18(11-14)25-21(27)22(2,3)24/h5-12,26H,24H2,1-4H3,(H,25,27). The van der Waals surface area contributed by atoms with Gasteiger partial charge in [-0.2, -0.15) is 0 Å². The van der Waals surface area contributed by atoms with Crippen LogP contribution in [0.1, 0.15) is 19.6 Å². The summed E-state index contributed by atoms with van der Waals surface area (Å²) in [4.78, 5) is 12.5. The first-order chi connectivity index (χ1) is 14.6. The summed E-state index contributed by atoms with van der Waals surface area (Å²) >= 11 is 0. The van der Waals surface area contributed by atoms with Crippen LogP contribution in [-0.2, 0) is 15.8 Å². The number of amides is 1. The molecule has 4 N–H and O–H groups in total. The van der Waals surface area contributed by atoms with E-state index in [9.17, 15) is 13.4 Å². The Labute approximate surface area is 182 Å². The number of nitrogens with two attached hydrogens (primary N) is 1. The Morgan fingerprint density at radius 1 is 1.16 bits per heavy atom. The van der Waals surface area contributed by atoms with E-state index in [1.807, 2.05) is 0 Å². The number of anilines is 2. The molecule has 31 heavy (non-hydrogen) atoms. The van der Waals surface area contributed by atoms with Crippen molar-refractivity contribution in [2.45, 2.75) is 31.2 Å². The number of methoxy groups -OCH3 is 1. The van der Waals surface area contributed by atoms with Gasteiger partial charge in [0, 0.05) is 5.69 Å². The number of rotatable bonds is 7. The lowest BCUT2D eigenvalue weighted by Gasteiger charge is -2.19. The number of benzene rings is 2. The molecule has 1 atom stereocenters. The zero-order valence-electron chi connectivity index (χ0n) is 17.6. The molecule has 1 aromatic heterocycles. The molecule has 0 aliphatic rings. The van der Waals surface area contributed by atoms with Crippen LogP contribution in [0.5, 0.6) is 5.75 Å². The summed E-state index contributed by atoms with van der Waals surface area (Å²) in [6.07, 6.45) is 0. The maximum atomic E-state index is 14.6. The molecule has 0 saturated heterocycles. The Morgan fingerprint density at radius 2 is 1.90 bits per heavy atom. The molecule has 0 radical (unpaired) electrons. The van der Waals surface area contributed by atoms with Crippen molar-refractivity contribution in [3.05, 3.63) is 60.1 Å². The van der Waals surface area contributed by atoms with Crippen LogP contribution in [0.2, 0.25) is 0 Å². The molecule has 0 bridgehead atoms. The van der Waals surface area contributed by atoms with Crippen LogP contribution >= 0.6 is 0 Å². The van der Waals surface area contributed by atoms with Crippen molar-refractivity contribution < 1.29 is 22.5 Å². The number of furan rings is 1. The van der Waals surface area contributed by atoms with Gasteiger partial charge in [0.25, 0.3) is 0 Å². The number of carbonyl (C=O) groups is 1. The summed E-state index contributed by atoms with van der Waals surface area (Å²) < 4.78 is 40.8. The minimum atomic E-state index is -1.75. The highest BCUT2D eigenvalue weighted by molar-refractivity contribution is 7.86. The monoisotopic (exact) mass is 445 g/mol. The molecule has 9 heteroatoms. The lowest BCUT2D eigenvalue weighted by molar-refractivity contribution is -0.120. The number of aryl methyl sites for hydroxylation is 1. The van der Waals surface area contributed by atoms with Crippen molar-refractivity contribution in [2.75, 3.05) is 17.1 Å². The summed E-state index contributed by atoms with van der Waals surface area (Å²) in [5.74, 6) is 0.533. The fraction of sp³-hybridized carbons (Fsp3) is 0.227. The average Bonchev–Trinajstić information content (AvgIpc) is 3.13. The summed E-state index contributed by atoms with van der Waals surface area (Å²) in [6.45, 7) is 4.93. The highest BCUT2D eigenvalue weighted by atomic mass is 32.2. The zero-order valence-corrected chi connectivity index (χ0v) is 18.4. The van der Waals surface area contributed by atoms with E-state index in [1.165, 1.54) is 19.2 Å². The molecule has 7 nitrogen and oxygen atoms in total. The highest BCUT2D eigenvalue weighted by Gasteiger charge is 2.23. The number of nitrogens with one attached hydrogen (secondary N) is 2. The van der Waals surface area contributed by atoms with Gasteiger partial charge in [-0.25, -0.2) is 8.60 Å². The first-order valence-corrected chi connectivity index (χ1v) is 10.6.